The summed E-state index contributed by atoms with van der Waals surface area (Å²) < 4.78 is 2.13. The van der Waals surface area contributed by atoms with Crippen LogP contribution in [0.4, 0.5) is 0 Å². The predicted molar refractivity (Wildman–Crippen MR) is 64.7 cm³/mol. The Kier molecular flexibility index (Phi) is 2.56. The van der Waals surface area contributed by atoms with Gasteiger partial charge in [0.15, 0.2) is 0 Å². The molecule has 3 nitrogen and oxygen atoms in total. The van der Waals surface area contributed by atoms with Crippen LogP contribution >= 0.6 is 11.6 Å². The van der Waals surface area contributed by atoms with Crippen molar-refractivity contribution in [1.29, 1.82) is 0 Å². The van der Waals surface area contributed by atoms with Crippen molar-refractivity contribution in [2.24, 2.45) is 0 Å². The van der Waals surface area contributed by atoms with Gasteiger partial charge in [0.05, 0.1) is 17.8 Å². The maximum absolute atomic E-state index is 5.93. The molecular formula is C12H14ClN3. The summed E-state index contributed by atoms with van der Waals surface area (Å²) in [6.07, 6.45) is 10.1. The number of hydrogen-bond donors (Lipinski definition) is 0. The van der Waals surface area contributed by atoms with Crippen molar-refractivity contribution in [2.75, 3.05) is 0 Å². The SMILES string of the molecule is Clc1cc2c(cn1)cnn2C1CCCCC1. The van der Waals surface area contributed by atoms with Crippen molar-refractivity contribution in [2.45, 2.75) is 38.1 Å². The fourth-order valence-corrected chi connectivity index (χ4v) is 2.68. The van der Waals surface area contributed by atoms with Crippen LogP contribution in [0.15, 0.2) is 18.5 Å². The molecule has 0 bridgehead atoms. The smallest absolute Gasteiger partial charge is 0.131 e. The molecule has 0 aromatic carbocycles. The second kappa shape index (κ2) is 4.06. The van der Waals surface area contributed by atoms with Gasteiger partial charge in [0.25, 0.3) is 0 Å². The minimum atomic E-state index is 0.546. The largest absolute Gasteiger partial charge is 0.262 e. The lowest BCUT2D eigenvalue weighted by atomic mass is 9.95. The highest BCUT2D eigenvalue weighted by Gasteiger charge is 2.17. The van der Waals surface area contributed by atoms with Crippen LogP contribution in [-0.2, 0) is 0 Å². The van der Waals surface area contributed by atoms with E-state index < -0.39 is 0 Å². The van der Waals surface area contributed by atoms with E-state index >= 15 is 0 Å². The highest BCUT2D eigenvalue weighted by molar-refractivity contribution is 6.29. The van der Waals surface area contributed by atoms with Crippen LogP contribution < -0.4 is 0 Å². The van der Waals surface area contributed by atoms with Crippen LogP contribution in [0.2, 0.25) is 5.15 Å². The summed E-state index contributed by atoms with van der Waals surface area (Å²) >= 11 is 5.93. The van der Waals surface area contributed by atoms with E-state index in [1.165, 1.54) is 32.1 Å². The molecule has 2 aromatic heterocycles. The Morgan fingerprint density at radius 1 is 1.19 bits per heavy atom. The van der Waals surface area contributed by atoms with Crippen LogP contribution in [0, 0.1) is 0 Å². The summed E-state index contributed by atoms with van der Waals surface area (Å²) in [5.41, 5.74) is 1.12. The molecule has 0 N–H and O–H groups in total. The summed E-state index contributed by atoms with van der Waals surface area (Å²) in [6, 6.07) is 2.46. The van der Waals surface area contributed by atoms with Crippen LogP contribution in [0.25, 0.3) is 10.9 Å². The first-order valence-electron chi connectivity index (χ1n) is 5.83. The Morgan fingerprint density at radius 2 is 2.00 bits per heavy atom. The molecule has 2 aromatic rings. The summed E-state index contributed by atoms with van der Waals surface area (Å²) in [5.74, 6) is 0. The zero-order valence-corrected chi connectivity index (χ0v) is 9.82. The molecule has 1 aliphatic rings. The van der Waals surface area contributed by atoms with Gasteiger partial charge < -0.3 is 0 Å². The highest BCUT2D eigenvalue weighted by atomic mass is 35.5. The topological polar surface area (TPSA) is 30.7 Å². The van der Waals surface area contributed by atoms with E-state index in [0.29, 0.717) is 11.2 Å². The van der Waals surface area contributed by atoms with Crippen molar-refractivity contribution in [3.63, 3.8) is 0 Å². The third-order valence-electron chi connectivity index (χ3n) is 3.37. The fraction of sp³-hybridized carbons (Fsp3) is 0.500. The van der Waals surface area contributed by atoms with E-state index in [1.807, 2.05) is 12.3 Å². The first-order chi connectivity index (χ1) is 7.84. The van der Waals surface area contributed by atoms with E-state index in [1.54, 1.807) is 6.20 Å². The molecule has 0 atom stereocenters. The zero-order chi connectivity index (χ0) is 11.0. The number of aromatic nitrogens is 3. The summed E-state index contributed by atoms with van der Waals surface area (Å²) in [6.45, 7) is 0. The van der Waals surface area contributed by atoms with Crippen molar-refractivity contribution in [3.05, 3.63) is 23.6 Å². The van der Waals surface area contributed by atoms with E-state index in [4.69, 9.17) is 11.6 Å². The second-order valence-corrected chi connectivity index (χ2v) is 4.83. The van der Waals surface area contributed by atoms with Crippen molar-refractivity contribution in [3.8, 4) is 0 Å². The van der Waals surface area contributed by atoms with Crippen LogP contribution in [0.1, 0.15) is 38.1 Å². The van der Waals surface area contributed by atoms with Crippen molar-refractivity contribution >= 4 is 22.5 Å². The quantitative estimate of drug-likeness (QED) is 0.708. The predicted octanol–water partition coefficient (Wildman–Crippen LogP) is 3.59. The van der Waals surface area contributed by atoms with Gasteiger partial charge in [-0.05, 0) is 12.8 Å². The van der Waals surface area contributed by atoms with E-state index in [2.05, 4.69) is 14.8 Å². The lowest BCUT2D eigenvalue weighted by molar-refractivity contribution is 0.337. The average molecular weight is 236 g/mol. The Labute approximate surface area is 99.4 Å². The van der Waals surface area contributed by atoms with Gasteiger partial charge in [-0.2, -0.15) is 5.10 Å². The zero-order valence-electron chi connectivity index (χ0n) is 9.06. The van der Waals surface area contributed by atoms with E-state index in [-0.39, 0.29) is 0 Å². The van der Waals surface area contributed by atoms with Gasteiger partial charge in [0.2, 0.25) is 0 Å². The fourth-order valence-electron chi connectivity index (χ4n) is 2.53. The Morgan fingerprint density at radius 3 is 2.81 bits per heavy atom. The van der Waals surface area contributed by atoms with Crippen LogP contribution in [-0.4, -0.2) is 14.8 Å². The molecule has 0 radical (unpaired) electrons. The third-order valence-corrected chi connectivity index (χ3v) is 3.57. The molecule has 1 fully saturated rings. The van der Waals surface area contributed by atoms with Gasteiger partial charge in [-0.25, -0.2) is 4.98 Å². The minimum Gasteiger partial charge on any atom is -0.262 e. The van der Waals surface area contributed by atoms with Crippen molar-refractivity contribution in [1.82, 2.24) is 14.8 Å². The number of halogens is 1. The van der Waals surface area contributed by atoms with Crippen molar-refractivity contribution < 1.29 is 0 Å². The van der Waals surface area contributed by atoms with Gasteiger partial charge in [-0.1, -0.05) is 30.9 Å². The number of rotatable bonds is 1. The summed E-state index contributed by atoms with van der Waals surface area (Å²) in [4.78, 5) is 4.08. The molecule has 1 saturated carbocycles. The average Bonchev–Trinajstić information content (AvgIpc) is 2.73. The molecule has 0 unspecified atom stereocenters. The van der Waals surface area contributed by atoms with Gasteiger partial charge in [-0.3, -0.25) is 4.68 Å². The third kappa shape index (κ3) is 1.69. The standard InChI is InChI=1S/C12H14ClN3/c13-12-6-11-9(7-14-12)8-15-16(11)10-4-2-1-3-5-10/h6-8,10H,1-5H2. The van der Waals surface area contributed by atoms with Gasteiger partial charge in [0, 0.05) is 17.6 Å². The summed E-state index contributed by atoms with van der Waals surface area (Å²) in [7, 11) is 0. The molecule has 0 spiro atoms. The van der Waals surface area contributed by atoms with Crippen LogP contribution in [0.5, 0.6) is 0 Å². The first kappa shape index (κ1) is 10.1. The number of hydrogen-bond acceptors (Lipinski definition) is 2. The molecule has 2 heterocycles. The molecule has 16 heavy (non-hydrogen) atoms. The van der Waals surface area contributed by atoms with Crippen LogP contribution in [0.3, 0.4) is 0 Å². The molecule has 84 valence electrons. The molecule has 3 rings (SSSR count). The molecule has 0 amide bonds. The molecular weight excluding hydrogens is 222 g/mol. The second-order valence-electron chi connectivity index (χ2n) is 4.45. The Balaban J connectivity index is 2.05. The molecule has 4 heteroatoms. The van der Waals surface area contributed by atoms with Gasteiger partial charge in [-0.15, -0.1) is 0 Å². The normalized spacial score (nSPS) is 18.1. The maximum atomic E-state index is 5.93. The summed E-state index contributed by atoms with van der Waals surface area (Å²) in [5, 5.41) is 6.10. The molecule has 0 aliphatic heterocycles. The van der Waals surface area contributed by atoms with Gasteiger partial charge in [0.1, 0.15) is 5.15 Å². The number of fused-ring (bicyclic) bond motifs is 1. The monoisotopic (exact) mass is 235 g/mol. The molecule has 0 saturated heterocycles. The molecule has 1 aliphatic carbocycles. The lowest BCUT2D eigenvalue weighted by Crippen LogP contribution is -2.13. The number of nitrogens with zero attached hydrogens (tertiary/aromatic N) is 3. The Bertz CT molecular complexity index is 500. The number of pyridine rings is 1. The Hall–Kier alpha value is -1.09. The van der Waals surface area contributed by atoms with E-state index in [0.717, 1.165) is 10.9 Å². The van der Waals surface area contributed by atoms with Gasteiger partial charge >= 0.3 is 0 Å². The first-order valence-corrected chi connectivity index (χ1v) is 6.21. The van der Waals surface area contributed by atoms with E-state index in [9.17, 15) is 0 Å². The maximum Gasteiger partial charge on any atom is 0.131 e. The lowest BCUT2D eigenvalue weighted by Gasteiger charge is -2.22. The highest BCUT2D eigenvalue weighted by Crippen LogP contribution is 2.30. The minimum absolute atomic E-state index is 0.546.